The number of carbonyl (C=O) groups excluding carboxylic acids is 1. The van der Waals surface area contributed by atoms with E-state index in [4.69, 9.17) is 5.26 Å². The fourth-order valence-corrected chi connectivity index (χ4v) is 3.25. The number of nitrogens with one attached hydrogen (secondary N) is 1. The molecule has 0 aromatic carbocycles. The molecule has 1 N–H and O–H groups in total. The molecule has 2 aliphatic rings. The molecule has 22 heavy (non-hydrogen) atoms. The summed E-state index contributed by atoms with van der Waals surface area (Å²) in [7, 11) is 0. The average Bonchev–Trinajstić information content (AvgIpc) is 2.51. The second kappa shape index (κ2) is 6.32. The highest BCUT2D eigenvalue weighted by molar-refractivity contribution is 5.82. The number of hydrogen-bond acceptors (Lipinski definition) is 5. The van der Waals surface area contributed by atoms with Gasteiger partial charge < -0.3 is 10.2 Å². The fourth-order valence-electron chi connectivity index (χ4n) is 3.25. The molecule has 2 saturated heterocycles. The van der Waals surface area contributed by atoms with Gasteiger partial charge >= 0.3 is 0 Å². The summed E-state index contributed by atoms with van der Waals surface area (Å²) in [5.74, 6) is 0.280. The van der Waals surface area contributed by atoms with Crippen LogP contribution in [0, 0.1) is 11.3 Å². The van der Waals surface area contributed by atoms with Gasteiger partial charge in [0, 0.05) is 38.1 Å². The number of nitriles is 1. The average molecular weight is 299 g/mol. The predicted octanol–water partition coefficient (Wildman–Crippen LogP) is 1.06. The molecule has 2 aliphatic heterocycles. The highest BCUT2D eigenvalue weighted by Gasteiger charge is 2.39. The number of likely N-dealkylation sites (tertiary alicyclic amines) is 2. The van der Waals surface area contributed by atoms with Gasteiger partial charge in [-0.2, -0.15) is 5.26 Å². The van der Waals surface area contributed by atoms with E-state index in [-0.39, 0.29) is 11.9 Å². The molecular formula is C16H21N5O. The van der Waals surface area contributed by atoms with E-state index in [1.165, 1.54) is 0 Å². The standard InChI is InChI=1S/C16H21N5O/c1-2-20-7-3-4-15(16(20)22)21-10-14(11-21)19-12-5-6-18-13(8-12)9-17/h5-6,8,14-15H,2-4,7,10-11H2,1H3,(H,18,19). The summed E-state index contributed by atoms with van der Waals surface area (Å²) >= 11 is 0. The smallest absolute Gasteiger partial charge is 0.239 e. The van der Waals surface area contributed by atoms with Gasteiger partial charge in [-0.25, -0.2) is 4.98 Å². The molecule has 0 spiro atoms. The summed E-state index contributed by atoms with van der Waals surface area (Å²) in [4.78, 5) is 20.5. The van der Waals surface area contributed by atoms with E-state index in [0.717, 1.165) is 44.7 Å². The largest absolute Gasteiger partial charge is 0.380 e. The highest BCUT2D eigenvalue weighted by Crippen LogP contribution is 2.24. The van der Waals surface area contributed by atoms with Gasteiger partial charge in [0.25, 0.3) is 0 Å². The van der Waals surface area contributed by atoms with Crippen LogP contribution in [0.1, 0.15) is 25.5 Å². The normalized spacial score (nSPS) is 23.0. The monoisotopic (exact) mass is 299 g/mol. The van der Waals surface area contributed by atoms with Crippen LogP contribution in [-0.2, 0) is 4.79 Å². The SMILES string of the molecule is CCN1CCCC(N2CC(Nc3ccnc(C#N)c3)C2)C1=O. The Morgan fingerprint density at radius 2 is 2.32 bits per heavy atom. The van der Waals surface area contributed by atoms with Gasteiger partial charge in [0.05, 0.1) is 12.1 Å². The number of pyridine rings is 1. The predicted molar refractivity (Wildman–Crippen MR) is 83.2 cm³/mol. The van der Waals surface area contributed by atoms with Gasteiger partial charge in [0.1, 0.15) is 11.8 Å². The maximum atomic E-state index is 12.4. The third-order valence-corrected chi connectivity index (χ3v) is 4.48. The van der Waals surface area contributed by atoms with E-state index in [0.29, 0.717) is 11.7 Å². The number of nitrogens with zero attached hydrogens (tertiary/aromatic N) is 4. The summed E-state index contributed by atoms with van der Waals surface area (Å²) < 4.78 is 0. The van der Waals surface area contributed by atoms with E-state index >= 15 is 0 Å². The number of rotatable bonds is 4. The molecular weight excluding hydrogens is 278 g/mol. The molecule has 1 aromatic rings. The molecule has 6 heteroatoms. The summed E-state index contributed by atoms with van der Waals surface area (Å²) in [6, 6.07) is 6.06. The van der Waals surface area contributed by atoms with Crippen LogP contribution in [0.3, 0.4) is 0 Å². The second-order valence-electron chi connectivity index (χ2n) is 5.91. The molecule has 1 unspecified atom stereocenters. The zero-order valence-corrected chi connectivity index (χ0v) is 12.8. The third-order valence-electron chi connectivity index (χ3n) is 4.48. The quantitative estimate of drug-likeness (QED) is 0.900. The van der Waals surface area contributed by atoms with Gasteiger partial charge in [-0.05, 0) is 31.9 Å². The van der Waals surface area contributed by atoms with Crippen molar-refractivity contribution in [2.45, 2.75) is 31.8 Å². The van der Waals surface area contributed by atoms with Gasteiger partial charge in [-0.3, -0.25) is 9.69 Å². The third kappa shape index (κ3) is 2.90. The van der Waals surface area contributed by atoms with Crippen LogP contribution in [0.5, 0.6) is 0 Å². The van der Waals surface area contributed by atoms with Crippen LogP contribution >= 0.6 is 0 Å². The second-order valence-corrected chi connectivity index (χ2v) is 5.91. The van der Waals surface area contributed by atoms with Crippen LogP contribution < -0.4 is 5.32 Å². The van der Waals surface area contributed by atoms with Crippen molar-refractivity contribution >= 4 is 11.6 Å². The molecule has 0 aliphatic carbocycles. The molecule has 1 amide bonds. The van der Waals surface area contributed by atoms with Gasteiger partial charge in [-0.15, -0.1) is 0 Å². The lowest BCUT2D eigenvalue weighted by Gasteiger charge is -2.47. The Morgan fingerprint density at radius 3 is 3.05 bits per heavy atom. The fraction of sp³-hybridized carbons (Fsp3) is 0.562. The number of likely N-dealkylation sites (N-methyl/N-ethyl adjacent to an activating group) is 1. The first-order valence-electron chi connectivity index (χ1n) is 7.86. The molecule has 3 heterocycles. The van der Waals surface area contributed by atoms with Crippen molar-refractivity contribution in [3.63, 3.8) is 0 Å². The van der Waals surface area contributed by atoms with Crippen LogP contribution in [0.15, 0.2) is 18.3 Å². The molecule has 3 rings (SSSR count). The molecule has 6 nitrogen and oxygen atoms in total. The van der Waals surface area contributed by atoms with E-state index in [1.807, 2.05) is 24.0 Å². The Kier molecular flexibility index (Phi) is 4.25. The van der Waals surface area contributed by atoms with Crippen molar-refractivity contribution in [2.75, 3.05) is 31.5 Å². The van der Waals surface area contributed by atoms with Gasteiger partial charge in [0.2, 0.25) is 5.91 Å². The maximum Gasteiger partial charge on any atom is 0.239 e. The lowest BCUT2D eigenvalue weighted by atomic mass is 9.97. The molecule has 1 aromatic heterocycles. The number of piperidine rings is 1. The molecule has 0 saturated carbocycles. The number of anilines is 1. The molecule has 2 fully saturated rings. The summed E-state index contributed by atoms with van der Waals surface area (Å²) in [6.45, 7) is 5.49. The van der Waals surface area contributed by atoms with Crippen LogP contribution in [0.4, 0.5) is 5.69 Å². The minimum atomic E-state index is 0.0545. The van der Waals surface area contributed by atoms with Crippen LogP contribution in [0.25, 0.3) is 0 Å². The van der Waals surface area contributed by atoms with Gasteiger partial charge in [0.15, 0.2) is 0 Å². The van der Waals surface area contributed by atoms with Crippen molar-refractivity contribution in [3.8, 4) is 6.07 Å². The minimum absolute atomic E-state index is 0.0545. The molecule has 116 valence electrons. The zero-order valence-electron chi connectivity index (χ0n) is 12.8. The first-order chi connectivity index (χ1) is 10.7. The Balaban J connectivity index is 1.53. The summed E-state index contributed by atoms with van der Waals surface area (Å²) in [5, 5.41) is 12.3. The maximum absolute atomic E-state index is 12.4. The number of aromatic nitrogens is 1. The number of hydrogen-bond donors (Lipinski definition) is 1. The van der Waals surface area contributed by atoms with E-state index in [9.17, 15) is 4.79 Å². The summed E-state index contributed by atoms with van der Waals surface area (Å²) in [5.41, 5.74) is 1.34. The molecule has 0 bridgehead atoms. The van der Waals surface area contributed by atoms with E-state index in [2.05, 4.69) is 15.2 Å². The Hall–Kier alpha value is -2.13. The lowest BCUT2D eigenvalue weighted by molar-refractivity contribution is -0.141. The Morgan fingerprint density at radius 1 is 1.50 bits per heavy atom. The molecule has 0 radical (unpaired) electrons. The summed E-state index contributed by atoms with van der Waals surface area (Å²) in [6.07, 6.45) is 3.70. The zero-order chi connectivity index (χ0) is 15.5. The van der Waals surface area contributed by atoms with Crippen molar-refractivity contribution in [1.29, 1.82) is 5.26 Å². The lowest BCUT2D eigenvalue weighted by Crippen LogP contribution is -2.63. The van der Waals surface area contributed by atoms with Crippen molar-refractivity contribution in [2.24, 2.45) is 0 Å². The first kappa shape index (κ1) is 14.8. The van der Waals surface area contributed by atoms with Gasteiger partial charge in [-0.1, -0.05) is 0 Å². The Bertz CT molecular complexity index is 590. The highest BCUT2D eigenvalue weighted by atomic mass is 16.2. The number of amides is 1. The topological polar surface area (TPSA) is 72.3 Å². The van der Waals surface area contributed by atoms with Crippen LogP contribution in [-0.4, -0.2) is 59.0 Å². The first-order valence-corrected chi connectivity index (χ1v) is 7.86. The number of carbonyl (C=O) groups is 1. The Labute approximate surface area is 130 Å². The van der Waals surface area contributed by atoms with Crippen molar-refractivity contribution < 1.29 is 4.79 Å². The van der Waals surface area contributed by atoms with Crippen molar-refractivity contribution in [3.05, 3.63) is 24.0 Å². The van der Waals surface area contributed by atoms with Crippen molar-refractivity contribution in [1.82, 2.24) is 14.8 Å². The minimum Gasteiger partial charge on any atom is -0.380 e. The molecule has 1 atom stereocenters. The van der Waals surface area contributed by atoms with E-state index in [1.54, 1.807) is 12.3 Å². The van der Waals surface area contributed by atoms with E-state index < -0.39 is 0 Å². The van der Waals surface area contributed by atoms with Crippen LogP contribution in [0.2, 0.25) is 0 Å².